The van der Waals surface area contributed by atoms with Crippen molar-refractivity contribution >= 4 is 71.9 Å². The fraction of sp³-hybridized carbons (Fsp3) is 0.0800. The van der Waals surface area contributed by atoms with E-state index >= 15 is 0 Å². The van der Waals surface area contributed by atoms with Crippen LogP contribution < -0.4 is 16.1 Å². The van der Waals surface area contributed by atoms with Gasteiger partial charge < -0.3 is 10.6 Å². The molecule has 0 unspecified atom stereocenters. The summed E-state index contributed by atoms with van der Waals surface area (Å²) in [7, 11) is 0. The van der Waals surface area contributed by atoms with Crippen LogP contribution in [0.2, 0.25) is 0 Å². The summed E-state index contributed by atoms with van der Waals surface area (Å²) < 4.78 is 3.02. The molecule has 3 N–H and O–H groups in total. The van der Waals surface area contributed by atoms with E-state index in [2.05, 4.69) is 47.9 Å². The van der Waals surface area contributed by atoms with Gasteiger partial charge in [-0.15, -0.1) is 0 Å². The van der Waals surface area contributed by atoms with Crippen LogP contribution in [0.15, 0.2) is 75.7 Å². The maximum Gasteiger partial charge on any atom is 0.328 e. The molecule has 9 heteroatoms. The first kappa shape index (κ1) is 23.7. The third-order valence-corrected chi connectivity index (χ3v) is 6.39. The molecular formula is C25H20Br2N4O3. The second kappa shape index (κ2) is 9.82. The van der Waals surface area contributed by atoms with E-state index in [4.69, 9.17) is 0 Å². The molecule has 0 saturated carbocycles. The first-order valence-electron chi connectivity index (χ1n) is 10.3. The summed E-state index contributed by atoms with van der Waals surface area (Å²) in [6, 6.07) is 19.6. The summed E-state index contributed by atoms with van der Waals surface area (Å²) >= 11 is 6.79. The van der Waals surface area contributed by atoms with Crippen LogP contribution in [0.3, 0.4) is 0 Å². The standard InChI is InChI=1S/C25H20Br2N4O3/c1-14-4-3-5-20(15(14)2)29-24(33)25(34)30-31-21-11-8-18(27)12-16(21)13-22(31)23(32)28-19-9-6-17(26)7-10-19/h3-13H,1-2H3,(H,28,32)(H,29,33)(H,30,34). The molecule has 1 aromatic heterocycles. The number of fused-ring (bicyclic) bond motifs is 1. The monoisotopic (exact) mass is 582 g/mol. The number of carbonyl (C=O) groups is 3. The molecule has 4 rings (SSSR count). The molecule has 7 nitrogen and oxygen atoms in total. The molecule has 0 fully saturated rings. The van der Waals surface area contributed by atoms with Crippen molar-refractivity contribution in [3.8, 4) is 0 Å². The van der Waals surface area contributed by atoms with Gasteiger partial charge >= 0.3 is 11.8 Å². The molecule has 3 aromatic carbocycles. The molecule has 0 radical (unpaired) electrons. The van der Waals surface area contributed by atoms with Gasteiger partial charge in [0.15, 0.2) is 0 Å². The van der Waals surface area contributed by atoms with E-state index in [1.54, 1.807) is 42.5 Å². The Morgan fingerprint density at radius 2 is 1.50 bits per heavy atom. The minimum atomic E-state index is -0.904. The van der Waals surface area contributed by atoms with Crippen LogP contribution in [0.4, 0.5) is 11.4 Å². The van der Waals surface area contributed by atoms with Gasteiger partial charge in [-0.2, -0.15) is 0 Å². The predicted octanol–water partition coefficient (Wildman–Crippen LogP) is 5.74. The first-order valence-corrected chi connectivity index (χ1v) is 11.9. The zero-order chi connectivity index (χ0) is 24.4. The van der Waals surface area contributed by atoms with Crippen LogP contribution in [0.1, 0.15) is 21.6 Å². The SMILES string of the molecule is Cc1cccc(NC(=O)C(=O)Nn2c(C(=O)Nc3ccc(Br)cc3)cc3cc(Br)ccc32)c1C. The van der Waals surface area contributed by atoms with Crippen molar-refractivity contribution in [1.29, 1.82) is 0 Å². The largest absolute Gasteiger partial charge is 0.328 e. The van der Waals surface area contributed by atoms with E-state index < -0.39 is 17.7 Å². The number of halogens is 2. The molecule has 0 bridgehead atoms. The number of nitrogens with one attached hydrogen (secondary N) is 3. The van der Waals surface area contributed by atoms with E-state index in [-0.39, 0.29) is 5.69 Å². The van der Waals surface area contributed by atoms with Gasteiger partial charge in [0.1, 0.15) is 5.69 Å². The summed E-state index contributed by atoms with van der Waals surface area (Å²) in [5, 5.41) is 6.16. The van der Waals surface area contributed by atoms with Gasteiger partial charge in [0.2, 0.25) is 0 Å². The van der Waals surface area contributed by atoms with Crippen molar-refractivity contribution in [3.05, 3.63) is 92.5 Å². The number of aryl methyl sites for hydroxylation is 1. The fourth-order valence-electron chi connectivity index (χ4n) is 3.42. The Balaban J connectivity index is 1.63. The highest BCUT2D eigenvalue weighted by Crippen LogP contribution is 2.24. The van der Waals surface area contributed by atoms with Crippen LogP contribution in [0, 0.1) is 13.8 Å². The number of anilines is 2. The molecule has 0 aliphatic heterocycles. The maximum absolute atomic E-state index is 13.1. The highest BCUT2D eigenvalue weighted by Gasteiger charge is 2.21. The van der Waals surface area contributed by atoms with Gasteiger partial charge in [0, 0.05) is 25.7 Å². The van der Waals surface area contributed by atoms with Gasteiger partial charge in [0.05, 0.1) is 5.52 Å². The Morgan fingerprint density at radius 3 is 2.24 bits per heavy atom. The topological polar surface area (TPSA) is 92.2 Å². The van der Waals surface area contributed by atoms with E-state index in [0.29, 0.717) is 22.3 Å². The van der Waals surface area contributed by atoms with Crippen molar-refractivity contribution in [2.24, 2.45) is 0 Å². The molecular weight excluding hydrogens is 564 g/mol. The zero-order valence-electron chi connectivity index (χ0n) is 18.3. The zero-order valence-corrected chi connectivity index (χ0v) is 21.5. The Bertz CT molecular complexity index is 1430. The summed E-state index contributed by atoms with van der Waals surface area (Å²) in [4.78, 5) is 38.5. The normalized spacial score (nSPS) is 10.7. The van der Waals surface area contributed by atoms with E-state index in [1.807, 2.05) is 38.1 Å². The molecule has 3 amide bonds. The van der Waals surface area contributed by atoms with Crippen LogP contribution in [-0.4, -0.2) is 22.4 Å². The number of hydrogen-bond acceptors (Lipinski definition) is 3. The summed E-state index contributed by atoms with van der Waals surface area (Å²) in [5.41, 5.74) is 6.30. The number of carbonyl (C=O) groups excluding carboxylic acids is 3. The molecule has 34 heavy (non-hydrogen) atoms. The van der Waals surface area contributed by atoms with Crippen molar-refractivity contribution < 1.29 is 14.4 Å². The molecule has 4 aromatic rings. The molecule has 172 valence electrons. The van der Waals surface area contributed by atoms with Crippen LogP contribution in [0.25, 0.3) is 10.9 Å². The number of benzene rings is 3. The predicted molar refractivity (Wildman–Crippen MR) is 141 cm³/mol. The van der Waals surface area contributed by atoms with E-state index in [0.717, 1.165) is 20.1 Å². The lowest BCUT2D eigenvalue weighted by molar-refractivity contribution is -0.133. The number of rotatable bonds is 4. The Labute approximate surface area is 212 Å². The lowest BCUT2D eigenvalue weighted by Crippen LogP contribution is -2.36. The molecule has 0 saturated heterocycles. The van der Waals surface area contributed by atoms with Gasteiger partial charge in [-0.25, -0.2) is 4.68 Å². The van der Waals surface area contributed by atoms with Gasteiger partial charge in [-0.3, -0.25) is 19.8 Å². The third-order valence-electron chi connectivity index (χ3n) is 5.37. The fourth-order valence-corrected chi connectivity index (χ4v) is 4.06. The smallest absolute Gasteiger partial charge is 0.321 e. The van der Waals surface area contributed by atoms with Gasteiger partial charge in [-0.1, -0.05) is 44.0 Å². The summed E-state index contributed by atoms with van der Waals surface area (Å²) in [5.74, 6) is -2.18. The quantitative estimate of drug-likeness (QED) is 0.267. The molecule has 0 aliphatic carbocycles. The highest BCUT2D eigenvalue weighted by molar-refractivity contribution is 9.10. The van der Waals surface area contributed by atoms with Crippen molar-refractivity contribution in [2.45, 2.75) is 13.8 Å². The lowest BCUT2D eigenvalue weighted by Gasteiger charge is -2.14. The minimum absolute atomic E-state index is 0.170. The number of amides is 3. The van der Waals surface area contributed by atoms with Gasteiger partial charge in [-0.05, 0) is 79.6 Å². The van der Waals surface area contributed by atoms with Crippen LogP contribution in [0.5, 0.6) is 0 Å². The summed E-state index contributed by atoms with van der Waals surface area (Å²) in [6.45, 7) is 3.79. The average molecular weight is 584 g/mol. The van der Waals surface area contributed by atoms with Crippen molar-refractivity contribution in [1.82, 2.24) is 4.68 Å². The second-order valence-electron chi connectivity index (χ2n) is 7.67. The lowest BCUT2D eigenvalue weighted by atomic mass is 10.1. The number of hydrogen-bond donors (Lipinski definition) is 3. The first-order chi connectivity index (χ1) is 16.2. The molecule has 0 spiro atoms. The number of nitrogens with zero attached hydrogens (tertiary/aromatic N) is 1. The maximum atomic E-state index is 13.1. The minimum Gasteiger partial charge on any atom is -0.321 e. The van der Waals surface area contributed by atoms with Crippen molar-refractivity contribution in [2.75, 3.05) is 16.1 Å². The third kappa shape index (κ3) is 5.05. The van der Waals surface area contributed by atoms with Gasteiger partial charge in [0.25, 0.3) is 5.91 Å². The summed E-state index contributed by atoms with van der Waals surface area (Å²) in [6.07, 6.45) is 0. The Morgan fingerprint density at radius 1 is 0.794 bits per heavy atom. The van der Waals surface area contributed by atoms with E-state index in [1.165, 1.54) is 4.68 Å². The van der Waals surface area contributed by atoms with Crippen LogP contribution >= 0.6 is 31.9 Å². The number of aromatic nitrogens is 1. The van der Waals surface area contributed by atoms with Crippen molar-refractivity contribution in [3.63, 3.8) is 0 Å². The average Bonchev–Trinajstić information content (AvgIpc) is 3.15. The van der Waals surface area contributed by atoms with Crippen LogP contribution in [-0.2, 0) is 9.59 Å². The molecule has 0 aliphatic rings. The molecule has 0 atom stereocenters. The van der Waals surface area contributed by atoms with E-state index in [9.17, 15) is 14.4 Å². The second-order valence-corrected chi connectivity index (χ2v) is 9.50. The Hall–Kier alpha value is -3.43. The highest BCUT2D eigenvalue weighted by atomic mass is 79.9. The Kier molecular flexibility index (Phi) is 6.85. The molecule has 1 heterocycles.